The predicted molar refractivity (Wildman–Crippen MR) is 114 cm³/mol. The minimum Gasteiger partial charge on any atom is -0.390 e. The zero-order valence-corrected chi connectivity index (χ0v) is 17.4. The monoisotopic (exact) mass is 398 g/mol. The Morgan fingerprint density at radius 2 is 1.93 bits per heavy atom. The van der Waals surface area contributed by atoms with Gasteiger partial charge in [0.2, 0.25) is 5.91 Å². The number of halogens is 1. The van der Waals surface area contributed by atoms with E-state index in [1.165, 1.54) is 5.56 Å². The maximum atomic E-state index is 12.8. The summed E-state index contributed by atoms with van der Waals surface area (Å²) in [5, 5.41) is 4.94. The maximum Gasteiger partial charge on any atom is 0.223 e. The molecule has 3 rings (SSSR count). The van der Waals surface area contributed by atoms with Crippen molar-refractivity contribution >= 4 is 23.2 Å². The van der Waals surface area contributed by atoms with Gasteiger partial charge in [0.1, 0.15) is 0 Å². The number of hydrogen-bond donors (Lipinski definition) is 0. The molecular weight excluding hydrogens is 372 g/mol. The summed E-state index contributed by atoms with van der Waals surface area (Å²) in [6, 6.07) is 15.9. The number of carbonyl (C=O) groups is 1. The molecule has 0 N–H and O–H groups in total. The maximum absolute atomic E-state index is 12.8. The van der Waals surface area contributed by atoms with Crippen LogP contribution in [0.4, 0.5) is 0 Å². The first-order valence-electron chi connectivity index (χ1n) is 9.73. The van der Waals surface area contributed by atoms with Crippen molar-refractivity contribution in [3.63, 3.8) is 0 Å². The molecule has 0 aromatic heterocycles. The summed E-state index contributed by atoms with van der Waals surface area (Å²) in [7, 11) is 0. The van der Waals surface area contributed by atoms with Gasteiger partial charge in [0.15, 0.2) is 6.10 Å². The number of carbonyl (C=O) groups excluding carboxylic acids is 1. The fourth-order valence-corrected chi connectivity index (χ4v) is 3.45. The standard InChI is InChI=1S/C23H27ClN2O2/c1-16(2)12-23(27)26(14-19-6-4-5-7-21(19)24)15-20-13-22(25-28-20)18-10-8-17(3)9-11-18/h4-11,16,20H,12-15H2,1-3H3. The zero-order valence-electron chi connectivity index (χ0n) is 16.7. The van der Waals surface area contributed by atoms with Crippen molar-refractivity contribution in [1.29, 1.82) is 0 Å². The predicted octanol–water partition coefficient (Wildman–Crippen LogP) is 5.22. The third kappa shape index (κ3) is 5.35. The Hall–Kier alpha value is -2.33. The van der Waals surface area contributed by atoms with Gasteiger partial charge < -0.3 is 9.74 Å². The number of nitrogens with zero attached hydrogens (tertiary/aromatic N) is 2. The largest absolute Gasteiger partial charge is 0.390 e. The Morgan fingerprint density at radius 1 is 1.21 bits per heavy atom. The molecule has 1 atom stereocenters. The third-order valence-corrected chi connectivity index (χ3v) is 5.17. The van der Waals surface area contributed by atoms with E-state index in [0.717, 1.165) is 16.8 Å². The molecule has 1 amide bonds. The Labute approximate surface area is 172 Å². The van der Waals surface area contributed by atoms with E-state index in [2.05, 4.69) is 50.2 Å². The second kappa shape index (κ2) is 9.24. The number of hydrogen-bond acceptors (Lipinski definition) is 3. The minimum absolute atomic E-state index is 0.113. The highest BCUT2D eigenvalue weighted by molar-refractivity contribution is 6.31. The van der Waals surface area contributed by atoms with Crippen LogP contribution in [0.3, 0.4) is 0 Å². The van der Waals surface area contributed by atoms with Crippen LogP contribution in [-0.2, 0) is 16.2 Å². The highest BCUT2D eigenvalue weighted by Crippen LogP contribution is 2.22. The molecule has 148 valence electrons. The summed E-state index contributed by atoms with van der Waals surface area (Å²) in [6.45, 7) is 7.14. The van der Waals surface area contributed by atoms with Gasteiger partial charge in [-0.25, -0.2) is 0 Å². The second-order valence-electron chi connectivity index (χ2n) is 7.80. The van der Waals surface area contributed by atoms with E-state index >= 15 is 0 Å². The highest BCUT2D eigenvalue weighted by atomic mass is 35.5. The average molecular weight is 399 g/mol. The van der Waals surface area contributed by atoms with Crippen LogP contribution in [0.5, 0.6) is 0 Å². The lowest BCUT2D eigenvalue weighted by atomic mass is 10.0. The summed E-state index contributed by atoms with van der Waals surface area (Å²) < 4.78 is 0. The molecule has 4 nitrogen and oxygen atoms in total. The van der Waals surface area contributed by atoms with E-state index in [-0.39, 0.29) is 12.0 Å². The Balaban J connectivity index is 1.68. The molecule has 0 saturated heterocycles. The Morgan fingerprint density at radius 3 is 2.61 bits per heavy atom. The first-order valence-corrected chi connectivity index (χ1v) is 10.1. The summed E-state index contributed by atoms with van der Waals surface area (Å²) in [5.41, 5.74) is 4.15. The smallest absolute Gasteiger partial charge is 0.223 e. The van der Waals surface area contributed by atoms with E-state index in [1.54, 1.807) is 0 Å². The number of benzene rings is 2. The van der Waals surface area contributed by atoms with Crippen LogP contribution in [-0.4, -0.2) is 29.2 Å². The first kappa shape index (κ1) is 20.4. The van der Waals surface area contributed by atoms with Gasteiger partial charge in [-0.15, -0.1) is 0 Å². The number of rotatable bonds is 7. The van der Waals surface area contributed by atoms with Crippen LogP contribution in [0.1, 0.15) is 43.4 Å². The number of amides is 1. The molecule has 0 bridgehead atoms. The SMILES string of the molecule is Cc1ccc(C2=NOC(CN(Cc3ccccc3Cl)C(=O)CC(C)C)C2)cc1. The number of oxime groups is 1. The first-order chi connectivity index (χ1) is 13.4. The van der Waals surface area contributed by atoms with Crippen molar-refractivity contribution in [2.24, 2.45) is 11.1 Å². The van der Waals surface area contributed by atoms with Crippen molar-refractivity contribution in [3.8, 4) is 0 Å². The van der Waals surface area contributed by atoms with E-state index < -0.39 is 0 Å². The van der Waals surface area contributed by atoms with Crippen molar-refractivity contribution < 1.29 is 9.63 Å². The molecular formula is C23H27ClN2O2. The van der Waals surface area contributed by atoms with Gasteiger partial charge in [-0.1, -0.05) is 78.6 Å². The molecule has 2 aromatic carbocycles. The minimum atomic E-state index is -0.144. The van der Waals surface area contributed by atoms with E-state index in [4.69, 9.17) is 16.4 Å². The molecule has 1 aliphatic rings. The second-order valence-corrected chi connectivity index (χ2v) is 8.21. The van der Waals surface area contributed by atoms with Gasteiger partial charge in [-0.3, -0.25) is 4.79 Å². The molecule has 0 saturated carbocycles. The van der Waals surface area contributed by atoms with Gasteiger partial charge in [-0.05, 0) is 30.0 Å². The van der Waals surface area contributed by atoms with Gasteiger partial charge in [0, 0.05) is 24.4 Å². The number of aryl methyl sites for hydroxylation is 1. The van der Waals surface area contributed by atoms with Crippen molar-refractivity contribution in [2.75, 3.05) is 6.54 Å². The summed E-state index contributed by atoms with van der Waals surface area (Å²) >= 11 is 6.32. The molecule has 1 unspecified atom stereocenters. The van der Waals surface area contributed by atoms with E-state index in [0.29, 0.717) is 36.9 Å². The molecule has 0 aliphatic carbocycles. The van der Waals surface area contributed by atoms with Crippen LogP contribution in [0, 0.1) is 12.8 Å². The highest BCUT2D eigenvalue weighted by Gasteiger charge is 2.27. The Kier molecular flexibility index (Phi) is 6.74. The van der Waals surface area contributed by atoms with Crippen molar-refractivity contribution in [1.82, 2.24) is 4.90 Å². The van der Waals surface area contributed by atoms with Gasteiger partial charge in [-0.2, -0.15) is 0 Å². The average Bonchev–Trinajstić information content (AvgIpc) is 3.11. The van der Waals surface area contributed by atoms with Crippen LogP contribution in [0.2, 0.25) is 5.02 Å². The van der Waals surface area contributed by atoms with E-state index in [1.807, 2.05) is 29.2 Å². The lowest BCUT2D eigenvalue weighted by molar-refractivity contribution is -0.134. The van der Waals surface area contributed by atoms with Crippen LogP contribution in [0.25, 0.3) is 0 Å². The fraction of sp³-hybridized carbons (Fsp3) is 0.391. The molecule has 0 spiro atoms. The van der Waals surface area contributed by atoms with Gasteiger partial charge in [0.25, 0.3) is 0 Å². The quantitative estimate of drug-likeness (QED) is 0.641. The molecule has 5 heteroatoms. The van der Waals surface area contributed by atoms with Crippen LogP contribution in [0.15, 0.2) is 53.7 Å². The molecule has 1 heterocycles. The van der Waals surface area contributed by atoms with E-state index in [9.17, 15) is 4.79 Å². The van der Waals surface area contributed by atoms with Crippen molar-refractivity contribution in [2.45, 2.75) is 46.3 Å². The molecule has 2 aromatic rings. The van der Waals surface area contributed by atoms with Crippen LogP contribution >= 0.6 is 11.6 Å². The fourth-order valence-electron chi connectivity index (χ4n) is 3.25. The summed E-state index contributed by atoms with van der Waals surface area (Å²) in [4.78, 5) is 20.3. The van der Waals surface area contributed by atoms with Gasteiger partial charge in [0.05, 0.1) is 12.3 Å². The lowest BCUT2D eigenvalue weighted by Crippen LogP contribution is -2.37. The summed E-state index contributed by atoms with van der Waals surface area (Å²) in [6.07, 6.45) is 1.05. The normalized spacial score (nSPS) is 16.0. The topological polar surface area (TPSA) is 41.9 Å². The van der Waals surface area contributed by atoms with Crippen molar-refractivity contribution in [3.05, 3.63) is 70.2 Å². The molecule has 0 radical (unpaired) electrons. The van der Waals surface area contributed by atoms with Crippen LogP contribution < -0.4 is 0 Å². The molecule has 28 heavy (non-hydrogen) atoms. The Bertz CT molecular complexity index is 846. The van der Waals surface area contributed by atoms with Gasteiger partial charge >= 0.3 is 0 Å². The third-order valence-electron chi connectivity index (χ3n) is 4.80. The lowest BCUT2D eigenvalue weighted by Gasteiger charge is -2.26. The molecule has 0 fully saturated rings. The zero-order chi connectivity index (χ0) is 20.1. The molecule has 1 aliphatic heterocycles. The summed E-state index contributed by atoms with van der Waals surface area (Å²) in [5.74, 6) is 0.410.